The zero-order chi connectivity index (χ0) is 11.4. The van der Waals surface area contributed by atoms with E-state index in [4.69, 9.17) is 33.2 Å². The number of hydrogen-bond donors (Lipinski definition) is 0. The van der Waals surface area contributed by atoms with Gasteiger partial charge >= 0.3 is 0 Å². The first-order chi connectivity index (χ1) is 7.10. The largest absolute Gasteiger partial charge is 0.495 e. The molecule has 0 saturated carbocycles. The molecular formula is C10H10Cl2N2O. The van der Waals surface area contributed by atoms with Gasteiger partial charge in [-0.1, -0.05) is 29.3 Å². The molecule has 0 aliphatic carbocycles. The van der Waals surface area contributed by atoms with Crippen LogP contribution in [0.3, 0.4) is 0 Å². The van der Waals surface area contributed by atoms with Crippen molar-refractivity contribution in [1.29, 1.82) is 5.26 Å². The molecule has 1 aromatic rings. The fourth-order valence-electron chi connectivity index (χ4n) is 1.14. The van der Waals surface area contributed by atoms with Gasteiger partial charge in [-0.05, 0) is 11.6 Å². The summed E-state index contributed by atoms with van der Waals surface area (Å²) in [5, 5.41) is 9.44. The molecule has 0 amide bonds. The van der Waals surface area contributed by atoms with Crippen LogP contribution < -0.4 is 4.74 Å². The van der Waals surface area contributed by atoms with E-state index in [1.165, 1.54) is 12.0 Å². The summed E-state index contributed by atoms with van der Waals surface area (Å²) in [5.41, 5.74) is 0.798. The van der Waals surface area contributed by atoms with E-state index in [9.17, 15) is 0 Å². The summed E-state index contributed by atoms with van der Waals surface area (Å²) in [6.07, 6.45) is 1.99. The minimum absolute atomic E-state index is 0.378. The first-order valence-electron chi connectivity index (χ1n) is 4.22. The second-order valence-electron chi connectivity index (χ2n) is 3.01. The van der Waals surface area contributed by atoms with Crippen LogP contribution in [0.25, 0.3) is 0 Å². The normalized spacial score (nSPS) is 9.53. The second-order valence-corrected chi connectivity index (χ2v) is 3.77. The number of methoxy groups -OCH3 is 1. The highest BCUT2D eigenvalue weighted by Gasteiger charge is 2.11. The molecule has 1 aromatic carbocycles. The second kappa shape index (κ2) is 5.11. The van der Waals surface area contributed by atoms with Crippen molar-refractivity contribution in [3.8, 4) is 11.9 Å². The van der Waals surface area contributed by atoms with Gasteiger partial charge in [-0.2, -0.15) is 5.26 Å². The van der Waals surface area contributed by atoms with Crippen LogP contribution in [0.2, 0.25) is 10.0 Å². The van der Waals surface area contributed by atoms with Crippen molar-refractivity contribution in [2.45, 2.75) is 6.54 Å². The van der Waals surface area contributed by atoms with E-state index in [-0.39, 0.29) is 0 Å². The Kier molecular flexibility index (Phi) is 4.07. The number of nitrogens with zero attached hydrogens (tertiary/aromatic N) is 2. The van der Waals surface area contributed by atoms with Crippen LogP contribution in [-0.4, -0.2) is 19.1 Å². The highest BCUT2D eigenvalue weighted by molar-refractivity contribution is 6.43. The highest BCUT2D eigenvalue weighted by Crippen LogP contribution is 2.34. The molecule has 0 spiro atoms. The fourth-order valence-corrected chi connectivity index (χ4v) is 1.62. The van der Waals surface area contributed by atoms with Gasteiger partial charge in [-0.15, -0.1) is 0 Å². The third-order valence-electron chi connectivity index (χ3n) is 1.92. The summed E-state index contributed by atoms with van der Waals surface area (Å²) >= 11 is 12.0. The lowest BCUT2D eigenvalue weighted by atomic mass is 10.2. The minimum atomic E-state index is 0.378. The molecule has 0 fully saturated rings. The third-order valence-corrected chi connectivity index (χ3v) is 2.83. The topological polar surface area (TPSA) is 36.3 Å². The van der Waals surface area contributed by atoms with Gasteiger partial charge in [0, 0.05) is 7.05 Å². The monoisotopic (exact) mass is 244 g/mol. The average Bonchev–Trinajstić information content (AvgIpc) is 2.25. The lowest BCUT2D eigenvalue weighted by Gasteiger charge is -2.12. The Morgan fingerprint density at radius 3 is 2.60 bits per heavy atom. The predicted molar refractivity (Wildman–Crippen MR) is 60.1 cm³/mol. The van der Waals surface area contributed by atoms with Crippen LogP contribution in [0.15, 0.2) is 12.1 Å². The Balaban J connectivity index is 3.02. The van der Waals surface area contributed by atoms with Gasteiger partial charge in [0.25, 0.3) is 0 Å². The van der Waals surface area contributed by atoms with Crippen molar-refractivity contribution in [3.05, 3.63) is 27.7 Å². The number of nitriles is 1. The molecule has 0 radical (unpaired) electrons. The number of halogens is 2. The van der Waals surface area contributed by atoms with Gasteiger partial charge in [-0.25, -0.2) is 0 Å². The van der Waals surface area contributed by atoms with Crippen molar-refractivity contribution in [2.75, 3.05) is 14.2 Å². The molecule has 0 saturated heterocycles. The first kappa shape index (κ1) is 12.0. The molecule has 1 rings (SSSR count). The Hall–Kier alpha value is -1.11. The van der Waals surface area contributed by atoms with Gasteiger partial charge < -0.3 is 9.64 Å². The lowest BCUT2D eigenvalue weighted by molar-refractivity contribution is 0.414. The molecule has 0 bridgehead atoms. The molecule has 0 aliphatic heterocycles. The number of ether oxygens (including phenoxy) is 1. The molecule has 0 aromatic heterocycles. The molecule has 0 unspecified atom stereocenters. The summed E-state index contributed by atoms with van der Waals surface area (Å²) in [6, 6.07) is 3.52. The van der Waals surface area contributed by atoms with Crippen molar-refractivity contribution < 1.29 is 4.74 Å². The maximum atomic E-state index is 8.63. The molecule has 80 valence electrons. The maximum Gasteiger partial charge on any atom is 0.179 e. The van der Waals surface area contributed by atoms with Crippen LogP contribution in [0.5, 0.6) is 5.75 Å². The highest BCUT2D eigenvalue weighted by atomic mass is 35.5. The van der Waals surface area contributed by atoms with E-state index in [0.717, 1.165) is 5.56 Å². The molecular weight excluding hydrogens is 235 g/mol. The minimum Gasteiger partial charge on any atom is -0.495 e. The van der Waals surface area contributed by atoms with E-state index >= 15 is 0 Å². The van der Waals surface area contributed by atoms with Crippen molar-refractivity contribution in [3.63, 3.8) is 0 Å². The molecule has 5 heteroatoms. The molecule has 0 N–H and O–H groups in total. The number of hydrogen-bond acceptors (Lipinski definition) is 3. The van der Waals surface area contributed by atoms with Crippen LogP contribution in [0, 0.1) is 11.5 Å². The smallest absolute Gasteiger partial charge is 0.179 e. The van der Waals surface area contributed by atoms with E-state index < -0.39 is 0 Å². The Morgan fingerprint density at radius 1 is 1.40 bits per heavy atom. The summed E-state index contributed by atoms with van der Waals surface area (Å²) in [7, 11) is 3.20. The Labute approximate surface area is 98.8 Å². The van der Waals surface area contributed by atoms with Crippen molar-refractivity contribution in [2.24, 2.45) is 0 Å². The van der Waals surface area contributed by atoms with E-state index in [1.54, 1.807) is 19.2 Å². The van der Waals surface area contributed by atoms with Gasteiger partial charge in [0.2, 0.25) is 0 Å². The predicted octanol–water partition coefficient (Wildman–Crippen LogP) is 2.91. The summed E-state index contributed by atoms with van der Waals surface area (Å²) < 4.78 is 5.02. The van der Waals surface area contributed by atoms with Crippen LogP contribution in [0.1, 0.15) is 5.56 Å². The average molecular weight is 245 g/mol. The number of rotatable bonds is 3. The molecule has 3 nitrogen and oxygen atoms in total. The van der Waals surface area contributed by atoms with Crippen molar-refractivity contribution >= 4 is 23.2 Å². The van der Waals surface area contributed by atoms with Gasteiger partial charge in [-0.3, -0.25) is 0 Å². The Morgan fingerprint density at radius 2 is 2.07 bits per heavy atom. The lowest BCUT2D eigenvalue weighted by Crippen LogP contribution is -2.10. The van der Waals surface area contributed by atoms with E-state index in [2.05, 4.69) is 0 Å². The van der Waals surface area contributed by atoms with Crippen LogP contribution in [-0.2, 0) is 6.54 Å². The van der Waals surface area contributed by atoms with Crippen LogP contribution in [0.4, 0.5) is 0 Å². The van der Waals surface area contributed by atoms with Crippen LogP contribution >= 0.6 is 23.2 Å². The molecule has 0 heterocycles. The Bertz CT molecular complexity index is 401. The SMILES string of the molecule is COc1ccc(CN(C)C#N)c(Cl)c1Cl. The van der Waals surface area contributed by atoms with Gasteiger partial charge in [0.15, 0.2) is 6.19 Å². The van der Waals surface area contributed by atoms with Crippen molar-refractivity contribution in [1.82, 2.24) is 4.90 Å². The molecule has 15 heavy (non-hydrogen) atoms. The van der Waals surface area contributed by atoms with Gasteiger partial charge in [0.1, 0.15) is 10.8 Å². The summed E-state index contributed by atoms with van der Waals surface area (Å²) in [6.45, 7) is 0.430. The summed E-state index contributed by atoms with van der Waals surface area (Å²) in [5.74, 6) is 0.532. The standard InChI is InChI=1S/C10H10Cl2N2O/c1-14(6-13)5-7-3-4-8(15-2)10(12)9(7)11/h3-4H,5H2,1-2H3. The number of benzene rings is 1. The molecule has 0 aliphatic rings. The summed E-state index contributed by atoms with van der Waals surface area (Å²) in [4.78, 5) is 1.46. The van der Waals surface area contributed by atoms with E-state index in [0.29, 0.717) is 22.3 Å². The third kappa shape index (κ3) is 2.68. The van der Waals surface area contributed by atoms with Gasteiger partial charge in [0.05, 0.1) is 18.7 Å². The maximum absolute atomic E-state index is 8.63. The first-order valence-corrected chi connectivity index (χ1v) is 4.97. The fraction of sp³-hybridized carbons (Fsp3) is 0.300. The molecule has 0 atom stereocenters. The zero-order valence-electron chi connectivity index (χ0n) is 8.42. The quantitative estimate of drug-likeness (QED) is 0.606. The zero-order valence-corrected chi connectivity index (χ0v) is 9.93. The van der Waals surface area contributed by atoms with E-state index in [1.807, 2.05) is 6.19 Å².